The van der Waals surface area contributed by atoms with Crippen LogP contribution in [0.3, 0.4) is 0 Å². The molecule has 0 aromatic carbocycles. The Morgan fingerprint density at radius 3 is 3.10 bits per heavy atom. The molecule has 1 atom stereocenters. The second kappa shape index (κ2) is 6.28. The average molecular weight is 294 g/mol. The van der Waals surface area contributed by atoms with E-state index in [2.05, 4.69) is 17.1 Å². The fourth-order valence-electron chi connectivity index (χ4n) is 2.80. The number of thioether (sulfide) groups is 1. The maximum absolute atomic E-state index is 5.90. The van der Waals surface area contributed by atoms with E-state index in [1.807, 2.05) is 18.8 Å². The Balaban J connectivity index is 1.83. The van der Waals surface area contributed by atoms with Crippen LogP contribution in [0.2, 0.25) is 0 Å². The summed E-state index contributed by atoms with van der Waals surface area (Å²) in [6, 6.07) is 0. The first-order chi connectivity index (χ1) is 9.81. The highest BCUT2D eigenvalue weighted by molar-refractivity contribution is 7.98. The largest absolute Gasteiger partial charge is 0.373 e. The van der Waals surface area contributed by atoms with E-state index in [1.165, 1.54) is 17.7 Å². The molecule has 0 spiro atoms. The van der Waals surface area contributed by atoms with Crippen molar-refractivity contribution >= 4 is 17.6 Å². The topological polar surface area (TPSA) is 50.3 Å². The lowest BCUT2D eigenvalue weighted by molar-refractivity contribution is -0.0342. The molecule has 0 saturated carbocycles. The molecule has 110 valence electrons. The molecular formula is C14H22N4OS. The third-order valence-electron chi connectivity index (χ3n) is 3.81. The summed E-state index contributed by atoms with van der Waals surface area (Å²) in [5.74, 6) is 3.83. The number of aromatic nitrogens is 2. The van der Waals surface area contributed by atoms with E-state index in [4.69, 9.17) is 14.7 Å². The van der Waals surface area contributed by atoms with Gasteiger partial charge < -0.3 is 10.1 Å². The first kappa shape index (κ1) is 14.1. The lowest BCUT2D eigenvalue weighted by atomic mass is 10.2. The summed E-state index contributed by atoms with van der Waals surface area (Å²) in [5.41, 5.74) is 2.45. The number of nitrogens with one attached hydrogen (secondary N) is 1. The third-order valence-corrected chi connectivity index (χ3v) is 4.78. The van der Waals surface area contributed by atoms with Crippen molar-refractivity contribution in [2.24, 2.45) is 0 Å². The van der Waals surface area contributed by atoms with Gasteiger partial charge in [-0.3, -0.25) is 4.90 Å². The van der Waals surface area contributed by atoms with Crippen LogP contribution in [-0.2, 0) is 16.2 Å². The van der Waals surface area contributed by atoms with E-state index in [0.717, 1.165) is 49.4 Å². The molecule has 0 radical (unpaired) electrons. The lowest BCUT2D eigenvalue weighted by Crippen LogP contribution is -2.39. The summed E-state index contributed by atoms with van der Waals surface area (Å²) in [7, 11) is 1.93. The summed E-state index contributed by atoms with van der Waals surface area (Å²) < 4.78 is 5.90. The minimum absolute atomic E-state index is 0.0123. The lowest BCUT2D eigenvalue weighted by Gasteiger charge is -2.32. The molecule has 1 N–H and O–H groups in total. The van der Waals surface area contributed by atoms with Gasteiger partial charge in [-0.1, -0.05) is 6.92 Å². The standard InChI is InChI=1S/C14H22N4OS/c1-3-4-18-5-6-19-12(7-18)14-16-11-9-20-8-10(11)13(15-2)17-14/h12H,3-9H2,1-2H3,(H,15,16,17). The molecule has 0 aliphatic carbocycles. The number of rotatable bonds is 4. The fourth-order valence-corrected chi connectivity index (χ4v) is 3.84. The van der Waals surface area contributed by atoms with Gasteiger partial charge in [0.2, 0.25) is 0 Å². The molecule has 3 rings (SSSR count). The zero-order chi connectivity index (χ0) is 13.9. The summed E-state index contributed by atoms with van der Waals surface area (Å²) in [4.78, 5) is 11.9. The van der Waals surface area contributed by atoms with Crippen molar-refractivity contribution in [3.05, 3.63) is 17.1 Å². The molecule has 0 amide bonds. The van der Waals surface area contributed by atoms with Gasteiger partial charge >= 0.3 is 0 Å². The van der Waals surface area contributed by atoms with Crippen molar-refractivity contribution in [3.8, 4) is 0 Å². The highest BCUT2D eigenvalue weighted by Gasteiger charge is 2.27. The number of morpholine rings is 1. The zero-order valence-electron chi connectivity index (χ0n) is 12.2. The van der Waals surface area contributed by atoms with Crippen LogP contribution in [0, 0.1) is 0 Å². The SMILES string of the molecule is CCCN1CCOC(c2nc3c(c(NC)n2)CSC3)C1. The van der Waals surface area contributed by atoms with E-state index in [-0.39, 0.29) is 6.10 Å². The van der Waals surface area contributed by atoms with Gasteiger partial charge in [0.25, 0.3) is 0 Å². The van der Waals surface area contributed by atoms with Crippen molar-refractivity contribution in [3.63, 3.8) is 0 Å². The Bertz CT molecular complexity index is 480. The minimum Gasteiger partial charge on any atom is -0.373 e. The predicted molar refractivity (Wildman–Crippen MR) is 82.0 cm³/mol. The van der Waals surface area contributed by atoms with E-state index < -0.39 is 0 Å². The Morgan fingerprint density at radius 2 is 2.30 bits per heavy atom. The van der Waals surface area contributed by atoms with Crippen molar-refractivity contribution < 1.29 is 4.74 Å². The number of ether oxygens (including phenoxy) is 1. The third kappa shape index (κ3) is 2.77. The molecule has 2 aliphatic rings. The first-order valence-electron chi connectivity index (χ1n) is 7.31. The molecule has 5 nitrogen and oxygen atoms in total. The number of hydrogen-bond acceptors (Lipinski definition) is 6. The summed E-state index contributed by atoms with van der Waals surface area (Å²) in [5, 5.41) is 3.21. The van der Waals surface area contributed by atoms with E-state index >= 15 is 0 Å². The molecule has 20 heavy (non-hydrogen) atoms. The number of fused-ring (bicyclic) bond motifs is 1. The van der Waals surface area contributed by atoms with E-state index in [1.54, 1.807) is 0 Å². The van der Waals surface area contributed by atoms with Crippen molar-refractivity contribution in [1.29, 1.82) is 0 Å². The summed E-state index contributed by atoms with van der Waals surface area (Å²) in [6.07, 6.45) is 1.19. The van der Waals surface area contributed by atoms with Crippen molar-refractivity contribution in [2.75, 3.05) is 38.6 Å². The van der Waals surface area contributed by atoms with E-state index in [9.17, 15) is 0 Å². The molecule has 6 heteroatoms. The first-order valence-corrected chi connectivity index (χ1v) is 8.46. The van der Waals surface area contributed by atoms with Gasteiger partial charge in [-0.2, -0.15) is 11.8 Å². The number of hydrogen-bond donors (Lipinski definition) is 1. The second-order valence-corrected chi connectivity index (χ2v) is 6.24. The zero-order valence-corrected chi connectivity index (χ0v) is 13.0. The Hall–Kier alpha value is -0.850. The second-order valence-electron chi connectivity index (χ2n) is 5.26. The van der Waals surface area contributed by atoms with Gasteiger partial charge in [-0.05, 0) is 13.0 Å². The van der Waals surface area contributed by atoms with Gasteiger partial charge in [0, 0.05) is 37.2 Å². The quantitative estimate of drug-likeness (QED) is 0.917. The highest BCUT2D eigenvalue weighted by atomic mass is 32.2. The molecule has 1 saturated heterocycles. The van der Waals surface area contributed by atoms with Gasteiger partial charge in [-0.25, -0.2) is 9.97 Å². The van der Waals surface area contributed by atoms with Crippen LogP contribution in [0.5, 0.6) is 0 Å². The maximum atomic E-state index is 5.90. The van der Waals surface area contributed by atoms with Crippen molar-refractivity contribution in [2.45, 2.75) is 31.0 Å². The fraction of sp³-hybridized carbons (Fsp3) is 0.714. The normalized spacial score (nSPS) is 22.8. The van der Waals surface area contributed by atoms with Gasteiger partial charge in [-0.15, -0.1) is 0 Å². The van der Waals surface area contributed by atoms with Crippen LogP contribution >= 0.6 is 11.8 Å². The molecule has 2 aliphatic heterocycles. The number of anilines is 1. The molecule has 3 heterocycles. The average Bonchev–Trinajstić information content (AvgIpc) is 2.95. The van der Waals surface area contributed by atoms with E-state index in [0.29, 0.717) is 0 Å². The van der Waals surface area contributed by atoms with Gasteiger partial charge in [0.15, 0.2) is 5.82 Å². The number of nitrogens with zero attached hydrogens (tertiary/aromatic N) is 3. The van der Waals surface area contributed by atoms with Gasteiger partial charge in [0.1, 0.15) is 11.9 Å². The van der Waals surface area contributed by atoms with Crippen LogP contribution in [0.15, 0.2) is 0 Å². The van der Waals surface area contributed by atoms with Crippen LogP contribution < -0.4 is 5.32 Å². The molecule has 1 unspecified atom stereocenters. The monoisotopic (exact) mass is 294 g/mol. The Morgan fingerprint density at radius 1 is 1.40 bits per heavy atom. The molecule has 1 aromatic rings. The highest BCUT2D eigenvalue weighted by Crippen LogP contribution is 2.34. The molecule has 1 fully saturated rings. The Kier molecular flexibility index (Phi) is 4.43. The summed E-state index contributed by atoms with van der Waals surface area (Å²) in [6.45, 7) is 6.04. The summed E-state index contributed by atoms with van der Waals surface area (Å²) >= 11 is 1.90. The molecular weight excluding hydrogens is 272 g/mol. The maximum Gasteiger partial charge on any atom is 0.161 e. The van der Waals surface area contributed by atoms with Gasteiger partial charge in [0.05, 0.1) is 12.3 Å². The predicted octanol–water partition coefficient (Wildman–Crippen LogP) is 2.05. The smallest absolute Gasteiger partial charge is 0.161 e. The van der Waals surface area contributed by atoms with Crippen LogP contribution in [0.1, 0.15) is 36.5 Å². The molecule has 1 aromatic heterocycles. The molecule has 0 bridgehead atoms. The Labute approximate surface area is 124 Å². The van der Waals surface area contributed by atoms with Crippen LogP contribution in [0.4, 0.5) is 5.82 Å². The minimum atomic E-state index is 0.0123. The van der Waals surface area contributed by atoms with Crippen LogP contribution in [-0.4, -0.2) is 48.2 Å². The van der Waals surface area contributed by atoms with Crippen molar-refractivity contribution in [1.82, 2.24) is 14.9 Å². The van der Waals surface area contributed by atoms with Crippen LogP contribution in [0.25, 0.3) is 0 Å².